The third-order valence-corrected chi connectivity index (χ3v) is 3.80. The van der Waals surface area contributed by atoms with Crippen molar-refractivity contribution in [3.8, 4) is 0 Å². The molecule has 2 heteroatoms. The highest BCUT2D eigenvalue weighted by Gasteiger charge is 2.15. The van der Waals surface area contributed by atoms with Crippen LogP contribution in [-0.4, -0.2) is 30.3 Å². The molecule has 0 aromatic heterocycles. The number of carbonyl (C=O) groups excluding carboxylic acids is 1. The van der Waals surface area contributed by atoms with E-state index in [2.05, 4.69) is 43.0 Å². The minimum Gasteiger partial charge on any atom is -0.302 e. The van der Waals surface area contributed by atoms with Gasteiger partial charge in [0.15, 0.2) is 0 Å². The number of ketones is 1. The minimum atomic E-state index is 0.425. The van der Waals surface area contributed by atoms with Crippen LogP contribution < -0.4 is 0 Å². The quantitative estimate of drug-likeness (QED) is 0.810. The largest absolute Gasteiger partial charge is 0.302 e. The molecule has 0 N–H and O–H groups in total. The Balaban J connectivity index is 1.78. The predicted octanol–water partition coefficient (Wildman–Crippen LogP) is 3.09. The zero-order valence-electron chi connectivity index (χ0n) is 12.2. The summed E-state index contributed by atoms with van der Waals surface area (Å²) in [6.07, 6.45) is 3.74. The van der Waals surface area contributed by atoms with Crippen LogP contribution in [0.25, 0.3) is 0 Å². The zero-order chi connectivity index (χ0) is 13.7. The Morgan fingerprint density at radius 3 is 2.21 bits per heavy atom. The Kier molecular flexibility index (Phi) is 5.15. The fourth-order valence-corrected chi connectivity index (χ4v) is 2.63. The van der Waals surface area contributed by atoms with Crippen LogP contribution in [0.15, 0.2) is 24.3 Å². The van der Waals surface area contributed by atoms with Crippen molar-refractivity contribution in [3.05, 3.63) is 35.4 Å². The van der Waals surface area contributed by atoms with Crippen LogP contribution >= 0.6 is 0 Å². The Hall–Kier alpha value is -1.15. The summed E-state index contributed by atoms with van der Waals surface area (Å²) in [6, 6.07) is 9.03. The van der Waals surface area contributed by atoms with E-state index >= 15 is 0 Å². The van der Waals surface area contributed by atoms with E-state index < -0.39 is 0 Å². The van der Waals surface area contributed by atoms with Crippen molar-refractivity contribution in [1.82, 2.24) is 4.90 Å². The molecule has 0 aliphatic carbocycles. The number of rotatable bonds is 5. The molecule has 1 aromatic rings. The van der Waals surface area contributed by atoms with Gasteiger partial charge in [-0.3, -0.25) is 4.79 Å². The fourth-order valence-electron chi connectivity index (χ4n) is 2.63. The third-order valence-electron chi connectivity index (χ3n) is 3.80. The van der Waals surface area contributed by atoms with Gasteiger partial charge in [-0.2, -0.15) is 0 Å². The van der Waals surface area contributed by atoms with E-state index in [9.17, 15) is 4.79 Å². The molecular weight excluding hydrogens is 234 g/mol. The number of nitrogens with zero attached hydrogens (tertiary/aromatic N) is 1. The summed E-state index contributed by atoms with van der Waals surface area (Å²) in [5.74, 6) is 1.14. The smallest absolute Gasteiger partial charge is 0.135 e. The van der Waals surface area contributed by atoms with Gasteiger partial charge >= 0.3 is 0 Å². The molecule has 0 saturated carbocycles. The third kappa shape index (κ3) is 4.79. The molecule has 1 aliphatic rings. The summed E-state index contributed by atoms with van der Waals surface area (Å²) in [4.78, 5) is 13.6. The Morgan fingerprint density at radius 1 is 1.05 bits per heavy atom. The number of carbonyl (C=O) groups is 1. The Labute approximate surface area is 116 Å². The summed E-state index contributed by atoms with van der Waals surface area (Å²) in [5, 5.41) is 0. The van der Waals surface area contributed by atoms with Crippen LogP contribution in [0.1, 0.15) is 37.8 Å². The summed E-state index contributed by atoms with van der Waals surface area (Å²) in [5.41, 5.74) is 2.84. The molecule has 0 bridgehead atoms. The molecule has 1 aliphatic heterocycles. The van der Waals surface area contributed by atoms with Gasteiger partial charge in [0.1, 0.15) is 5.78 Å². The first-order valence-electron chi connectivity index (χ1n) is 7.45. The molecule has 0 unspecified atom stereocenters. The van der Waals surface area contributed by atoms with Gasteiger partial charge in [-0.25, -0.2) is 0 Å². The topological polar surface area (TPSA) is 20.3 Å². The van der Waals surface area contributed by atoms with Gasteiger partial charge in [0, 0.05) is 32.5 Å². The SMILES string of the molecule is CC(C)Cc1ccc(CCN2CCC(=O)CC2)cc1. The first kappa shape index (κ1) is 14.3. The maximum Gasteiger partial charge on any atom is 0.135 e. The molecule has 1 aromatic carbocycles. The van der Waals surface area contributed by atoms with E-state index in [0.717, 1.165) is 51.2 Å². The van der Waals surface area contributed by atoms with Crippen LogP contribution in [0.2, 0.25) is 0 Å². The number of piperidine rings is 1. The van der Waals surface area contributed by atoms with E-state index in [4.69, 9.17) is 0 Å². The lowest BCUT2D eigenvalue weighted by molar-refractivity contribution is -0.121. The van der Waals surface area contributed by atoms with Crippen molar-refractivity contribution in [2.24, 2.45) is 5.92 Å². The normalized spacial score (nSPS) is 17.1. The minimum absolute atomic E-state index is 0.425. The lowest BCUT2D eigenvalue weighted by atomic mass is 10.0. The summed E-state index contributed by atoms with van der Waals surface area (Å²) < 4.78 is 0. The van der Waals surface area contributed by atoms with Crippen LogP contribution in [-0.2, 0) is 17.6 Å². The second-order valence-electron chi connectivity index (χ2n) is 6.04. The average molecular weight is 259 g/mol. The van der Waals surface area contributed by atoms with Gasteiger partial charge in [0.25, 0.3) is 0 Å². The van der Waals surface area contributed by atoms with Gasteiger partial charge in [0.2, 0.25) is 0 Å². The Bertz CT molecular complexity index is 398. The fraction of sp³-hybridized carbons (Fsp3) is 0.588. The highest BCUT2D eigenvalue weighted by Crippen LogP contribution is 2.12. The number of hydrogen-bond acceptors (Lipinski definition) is 2. The number of likely N-dealkylation sites (tertiary alicyclic amines) is 1. The molecular formula is C17H25NO. The number of benzene rings is 1. The standard InChI is InChI=1S/C17H25NO/c1-14(2)13-16-5-3-15(4-6-16)7-10-18-11-8-17(19)9-12-18/h3-6,14H,7-13H2,1-2H3. The predicted molar refractivity (Wildman–Crippen MR) is 79.4 cm³/mol. The molecule has 0 amide bonds. The van der Waals surface area contributed by atoms with Gasteiger partial charge in [-0.15, -0.1) is 0 Å². The molecule has 0 spiro atoms. The molecule has 0 atom stereocenters. The van der Waals surface area contributed by atoms with Crippen LogP contribution in [0.5, 0.6) is 0 Å². The molecule has 1 fully saturated rings. The van der Waals surface area contributed by atoms with E-state index in [0.29, 0.717) is 5.78 Å². The van der Waals surface area contributed by atoms with Crippen molar-refractivity contribution in [1.29, 1.82) is 0 Å². The molecule has 2 nitrogen and oxygen atoms in total. The maximum atomic E-state index is 11.2. The van der Waals surface area contributed by atoms with Crippen molar-refractivity contribution >= 4 is 5.78 Å². The monoisotopic (exact) mass is 259 g/mol. The van der Waals surface area contributed by atoms with E-state index in [1.807, 2.05) is 0 Å². The van der Waals surface area contributed by atoms with Crippen molar-refractivity contribution in [3.63, 3.8) is 0 Å². The molecule has 104 valence electrons. The van der Waals surface area contributed by atoms with Gasteiger partial charge in [0.05, 0.1) is 0 Å². The highest BCUT2D eigenvalue weighted by atomic mass is 16.1. The van der Waals surface area contributed by atoms with Crippen molar-refractivity contribution in [2.75, 3.05) is 19.6 Å². The molecule has 1 heterocycles. The maximum absolute atomic E-state index is 11.2. The first-order valence-corrected chi connectivity index (χ1v) is 7.45. The summed E-state index contributed by atoms with van der Waals surface area (Å²) >= 11 is 0. The number of Topliss-reactive ketones (excluding diaryl/α,β-unsaturated/α-hetero) is 1. The van der Waals surface area contributed by atoms with E-state index in [1.54, 1.807) is 0 Å². The van der Waals surface area contributed by atoms with Gasteiger partial charge in [-0.1, -0.05) is 38.1 Å². The molecule has 1 saturated heterocycles. The lowest BCUT2D eigenvalue weighted by Gasteiger charge is -2.25. The van der Waals surface area contributed by atoms with Gasteiger partial charge in [-0.05, 0) is 29.9 Å². The average Bonchev–Trinajstić information content (AvgIpc) is 2.39. The highest BCUT2D eigenvalue weighted by molar-refractivity contribution is 5.79. The molecule has 19 heavy (non-hydrogen) atoms. The molecule has 2 rings (SSSR count). The first-order chi connectivity index (χ1) is 9.13. The van der Waals surface area contributed by atoms with E-state index in [-0.39, 0.29) is 0 Å². The van der Waals surface area contributed by atoms with E-state index in [1.165, 1.54) is 11.1 Å². The van der Waals surface area contributed by atoms with Gasteiger partial charge < -0.3 is 4.90 Å². The van der Waals surface area contributed by atoms with Crippen molar-refractivity contribution < 1.29 is 4.79 Å². The molecule has 0 radical (unpaired) electrons. The van der Waals surface area contributed by atoms with Crippen LogP contribution in [0, 0.1) is 5.92 Å². The number of hydrogen-bond donors (Lipinski definition) is 0. The van der Waals surface area contributed by atoms with Crippen LogP contribution in [0.4, 0.5) is 0 Å². The second-order valence-corrected chi connectivity index (χ2v) is 6.04. The second kappa shape index (κ2) is 6.85. The van der Waals surface area contributed by atoms with Crippen molar-refractivity contribution in [2.45, 2.75) is 39.5 Å². The van der Waals surface area contributed by atoms with Crippen LogP contribution in [0.3, 0.4) is 0 Å². The summed E-state index contributed by atoms with van der Waals surface area (Å²) in [7, 11) is 0. The lowest BCUT2D eigenvalue weighted by Crippen LogP contribution is -2.35. The summed E-state index contributed by atoms with van der Waals surface area (Å²) in [6.45, 7) is 7.49. The zero-order valence-corrected chi connectivity index (χ0v) is 12.2. The Morgan fingerprint density at radius 2 is 1.63 bits per heavy atom.